The first-order valence-corrected chi connectivity index (χ1v) is 6.74. The molecule has 0 saturated carbocycles. The molecule has 1 aromatic heterocycles. The minimum Gasteiger partial charge on any atom is -0.421 e. The molecule has 0 aliphatic heterocycles. The summed E-state index contributed by atoms with van der Waals surface area (Å²) in [4.78, 5) is 0. The van der Waals surface area contributed by atoms with Gasteiger partial charge >= 0.3 is 0 Å². The van der Waals surface area contributed by atoms with E-state index in [2.05, 4.69) is 21.0 Å². The van der Waals surface area contributed by atoms with Gasteiger partial charge in [-0.15, -0.1) is 10.2 Å². The van der Waals surface area contributed by atoms with Crippen LogP contribution >= 0.6 is 0 Å². The number of anilines is 1. The fourth-order valence-corrected chi connectivity index (χ4v) is 1.95. The van der Waals surface area contributed by atoms with E-state index in [1.165, 1.54) is 5.56 Å². The third-order valence-electron chi connectivity index (χ3n) is 3.03. The van der Waals surface area contributed by atoms with E-state index in [1.54, 1.807) is 6.92 Å². The zero-order valence-corrected chi connectivity index (χ0v) is 11.7. The normalized spacial score (nSPS) is 10.5. The average molecular weight is 280 g/mol. The number of para-hydroxylation sites is 1. The highest BCUT2D eigenvalue weighted by molar-refractivity contribution is 5.53. The van der Waals surface area contributed by atoms with Crippen LogP contribution in [0.1, 0.15) is 11.5 Å². The summed E-state index contributed by atoms with van der Waals surface area (Å²) >= 11 is 0. The maximum absolute atomic E-state index is 5.40. The van der Waals surface area contributed by atoms with Gasteiger partial charge in [-0.25, -0.2) is 5.43 Å². The summed E-state index contributed by atoms with van der Waals surface area (Å²) in [6, 6.07) is 18.0. The van der Waals surface area contributed by atoms with Crippen LogP contribution in [0.3, 0.4) is 0 Å². The van der Waals surface area contributed by atoms with Gasteiger partial charge in [-0.1, -0.05) is 30.3 Å². The minimum atomic E-state index is 0.550. The van der Waals surface area contributed by atoms with Crippen LogP contribution in [0.15, 0.2) is 59.0 Å². The van der Waals surface area contributed by atoms with Gasteiger partial charge < -0.3 is 9.84 Å². The molecule has 0 saturated heterocycles. The van der Waals surface area contributed by atoms with E-state index < -0.39 is 0 Å². The predicted molar refractivity (Wildman–Crippen MR) is 81.4 cm³/mol. The van der Waals surface area contributed by atoms with E-state index in [0.29, 0.717) is 11.8 Å². The van der Waals surface area contributed by atoms with Crippen molar-refractivity contribution in [1.29, 1.82) is 0 Å². The Labute approximate surface area is 123 Å². The SMILES string of the molecule is Cc1nnc(-c2ccc(CNNc3ccccc3)cc2)o1. The number of rotatable bonds is 5. The fourth-order valence-electron chi connectivity index (χ4n) is 1.95. The predicted octanol–water partition coefficient (Wildman–Crippen LogP) is 3.16. The molecule has 3 aromatic rings. The summed E-state index contributed by atoms with van der Waals surface area (Å²) in [5.41, 5.74) is 9.46. The summed E-state index contributed by atoms with van der Waals surface area (Å²) in [6.07, 6.45) is 0. The third kappa shape index (κ3) is 3.46. The highest BCUT2D eigenvalue weighted by Crippen LogP contribution is 2.18. The molecule has 0 unspecified atom stereocenters. The van der Waals surface area contributed by atoms with Gasteiger partial charge in [-0.05, 0) is 29.8 Å². The van der Waals surface area contributed by atoms with Gasteiger partial charge in [-0.2, -0.15) is 0 Å². The van der Waals surface area contributed by atoms with Gasteiger partial charge in [0.15, 0.2) is 0 Å². The number of benzene rings is 2. The molecule has 0 fully saturated rings. The molecule has 2 aromatic carbocycles. The van der Waals surface area contributed by atoms with Crippen molar-refractivity contribution in [1.82, 2.24) is 15.6 Å². The van der Waals surface area contributed by atoms with Gasteiger partial charge in [0.05, 0.1) is 0 Å². The number of hydrogen-bond donors (Lipinski definition) is 2. The number of hydrazine groups is 1. The maximum atomic E-state index is 5.40. The van der Waals surface area contributed by atoms with Crippen molar-refractivity contribution in [3.63, 3.8) is 0 Å². The molecule has 0 aliphatic rings. The van der Waals surface area contributed by atoms with Gasteiger partial charge in [0.1, 0.15) is 0 Å². The summed E-state index contributed by atoms with van der Waals surface area (Å²) in [5.74, 6) is 1.12. The lowest BCUT2D eigenvalue weighted by Gasteiger charge is -2.08. The van der Waals surface area contributed by atoms with Crippen molar-refractivity contribution in [3.8, 4) is 11.5 Å². The summed E-state index contributed by atoms with van der Waals surface area (Å²) in [6.45, 7) is 2.50. The van der Waals surface area contributed by atoms with Crippen LogP contribution in [0.2, 0.25) is 0 Å². The molecule has 0 amide bonds. The molecule has 0 aliphatic carbocycles. The van der Waals surface area contributed by atoms with Crippen molar-refractivity contribution < 1.29 is 4.42 Å². The first-order chi connectivity index (χ1) is 10.3. The van der Waals surface area contributed by atoms with Gasteiger partial charge in [-0.3, -0.25) is 0 Å². The Morgan fingerprint density at radius 1 is 0.952 bits per heavy atom. The Hall–Kier alpha value is -2.66. The van der Waals surface area contributed by atoms with Crippen molar-refractivity contribution in [2.45, 2.75) is 13.5 Å². The molecule has 5 heteroatoms. The number of nitrogens with zero attached hydrogens (tertiary/aromatic N) is 2. The van der Waals surface area contributed by atoms with Crippen LogP contribution in [-0.2, 0) is 6.54 Å². The highest BCUT2D eigenvalue weighted by Gasteiger charge is 2.05. The first-order valence-electron chi connectivity index (χ1n) is 6.74. The number of hydrogen-bond acceptors (Lipinski definition) is 5. The molecule has 3 rings (SSSR count). The molecule has 1 heterocycles. The van der Waals surface area contributed by atoms with E-state index in [9.17, 15) is 0 Å². The molecule has 21 heavy (non-hydrogen) atoms. The van der Waals surface area contributed by atoms with Gasteiger partial charge in [0.25, 0.3) is 0 Å². The summed E-state index contributed by atoms with van der Waals surface area (Å²) < 4.78 is 5.40. The van der Waals surface area contributed by atoms with Crippen molar-refractivity contribution in [3.05, 3.63) is 66.1 Å². The Morgan fingerprint density at radius 2 is 1.71 bits per heavy atom. The number of aryl methyl sites for hydroxylation is 1. The van der Waals surface area contributed by atoms with Crippen molar-refractivity contribution >= 4 is 5.69 Å². The average Bonchev–Trinajstić information content (AvgIpc) is 2.96. The number of aromatic nitrogens is 2. The van der Waals surface area contributed by atoms with E-state index in [-0.39, 0.29) is 0 Å². The Kier molecular flexibility index (Phi) is 3.93. The van der Waals surface area contributed by atoms with Crippen LogP contribution in [-0.4, -0.2) is 10.2 Å². The van der Waals surface area contributed by atoms with Crippen LogP contribution in [0.4, 0.5) is 5.69 Å². The first kappa shape index (κ1) is 13.3. The second kappa shape index (κ2) is 6.19. The second-order valence-electron chi connectivity index (χ2n) is 4.67. The van der Waals surface area contributed by atoms with Crippen LogP contribution < -0.4 is 10.9 Å². The fraction of sp³-hybridized carbons (Fsp3) is 0.125. The lowest BCUT2D eigenvalue weighted by molar-refractivity contribution is 0.533. The van der Waals surface area contributed by atoms with Crippen molar-refractivity contribution in [2.75, 3.05) is 5.43 Å². The molecule has 2 N–H and O–H groups in total. The Bertz CT molecular complexity index is 692. The lowest BCUT2D eigenvalue weighted by atomic mass is 10.1. The van der Waals surface area contributed by atoms with Crippen LogP contribution in [0.25, 0.3) is 11.5 Å². The molecule has 0 spiro atoms. The van der Waals surface area contributed by atoms with Crippen molar-refractivity contribution in [2.24, 2.45) is 0 Å². The van der Waals surface area contributed by atoms with Crippen LogP contribution in [0.5, 0.6) is 0 Å². The van der Waals surface area contributed by atoms with Crippen LogP contribution in [0, 0.1) is 6.92 Å². The monoisotopic (exact) mass is 280 g/mol. The highest BCUT2D eigenvalue weighted by atomic mass is 16.4. The molecule has 5 nitrogen and oxygen atoms in total. The maximum Gasteiger partial charge on any atom is 0.247 e. The summed E-state index contributed by atoms with van der Waals surface area (Å²) in [7, 11) is 0. The second-order valence-corrected chi connectivity index (χ2v) is 4.67. The molecule has 0 radical (unpaired) electrons. The summed E-state index contributed by atoms with van der Waals surface area (Å²) in [5, 5.41) is 7.83. The molecule has 106 valence electrons. The zero-order valence-electron chi connectivity index (χ0n) is 11.7. The van der Waals surface area contributed by atoms with Gasteiger partial charge in [0, 0.05) is 24.7 Å². The lowest BCUT2D eigenvalue weighted by Crippen LogP contribution is -2.20. The van der Waals surface area contributed by atoms with E-state index in [0.717, 1.165) is 17.8 Å². The van der Waals surface area contributed by atoms with E-state index in [4.69, 9.17) is 4.42 Å². The Balaban J connectivity index is 1.57. The standard InChI is InChI=1S/C16H16N4O/c1-12-18-20-16(21-12)14-9-7-13(8-10-14)11-17-19-15-5-3-2-4-6-15/h2-10,17,19H,11H2,1H3. The van der Waals surface area contributed by atoms with Gasteiger partial charge in [0.2, 0.25) is 11.8 Å². The Morgan fingerprint density at radius 3 is 2.38 bits per heavy atom. The molecule has 0 atom stereocenters. The quantitative estimate of drug-likeness (QED) is 0.703. The smallest absolute Gasteiger partial charge is 0.247 e. The van der Waals surface area contributed by atoms with E-state index in [1.807, 2.05) is 54.6 Å². The minimum absolute atomic E-state index is 0.550. The largest absolute Gasteiger partial charge is 0.421 e. The topological polar surface area (TPSA) is 63.0 Å². The third-order valence-corrected chi connectivity index (χ3v) is 3.03. The van der Waals surface area contributed by atoms with E-state index >= 15 is 0 Å². The molecular weight excluding hydrogens is 264 g/mol. The molecule has 0 bridgehead atoms. The molecular formula is C16H16N4O. The number of nitrogens with one attached hydrogen (secondary N) is 2. The zero-order chi connectivity index (χ0) is 14.5.